The van der Waals surface area contributed by atoms with Gasteiger partial charge in [0, 0.05) is 5.70 Å². The standard InChI is InChI=1S/C13H15N/c14-13-9-5-4-8-12(13)10-11-6-2-1-3-7-11/h1-3,6-9H,4-5,10,14H2. The summed E-state index contributed by atoms with van der Waals surface area (Å²) in [4.78, 5) is 0. The molecule has 14 heavy (non-hydrogen) atoms. The summed E-state index contributed by atoms with van der Waals surface area (Å²) < 4.78 is 0. The van der Waals surface area contributed by atoms with E-state index in [9.17, 15) is 0 Å². The van der Waals surface area contributed by atoms with Gasteiger partial charge in [0.2, 0.25) is 0 Å². The van der Waals surface area contributed by atoms with Crippen LogP contribution in [0.1, 0.15) is 18.4 Å². The SMILES string of the molecule is NC1=CCCC=C1Cc1ccccc1. The Morgan fingerprint density at radius 3 is 2.43 bits per heavy atom. The van der Waals surface area contributed by atoms with E-state index in [1.807, 2.05) is 6.07 Å². The summed E-state index contributed by atoms with van der Waals surface area (Å²) in [6.07, 6.45) is 7.55. The molecule has 0 heterocycles. The van der Waals surface area contributed by atoms with Crippen LogP contribution >= 0.6 is 0 Å². The molecule has 0 bridgehead atoms. The van der Waals surface area contributed by atoms with Crippen molar-refractivity contribution >= 4 is 0 Å². The van der Waals surface area contributed by atoms with Gasteiger partial charge in [-0.05, 0) is 30.4 Å². The lowest BCUT2D eigenvalue weighted by atomic mass is 9.97. The van der Waals surface area contributed by atoms with Gasteiger partial charge in [-0.2, -0.15) is 0 Å². The van der Waals surface area contributed by atoms with Crippen LogP contribution in [-0.4, -0.2) is 0 Å². The first-order valence-corrected chi connectivity index (χ1v) is 5.05. The molecule has 72 valence electrons. The lowest BCUT2D eigenvalue weighted by Gasteiger charge is -2.12. The van der Waals surface area contributed by atoms with Crippen LogP contribution in [0, 0.1) is 0 Å². The molecule has 1 aliphatic carbocycles. The van der Waals surface area contributed by atoms with E-state index >= 15 is 0 Å². The van der Waals surface area contributed by atoms with Gasteiger partial charge in [-0.1, -0.05) is 42.5 Å². The smallest absolute Gasteiger partial charge is 0.0306 e. The Labute approximate surface area is 84.9 Å². The highest BCUT2D eigenvalue weighted by Crippen LogP contribution is 2.18. The third-order valence-corrected chi connectivity index (χ3v) is 2.53. The summed E-state index contributed by atoms with van der Waals surface area (Å²) in [7, 11) is 0. The van der Waals surface area contributed by atoms with Gasteiger partial charge >= 0.3 is 0 Å². The molecule has 2 N–H and O–H groups in total. The molecule has 1 aromatic carbocycles. The molecule has 1 nitrogen and oxygen atoms in total. The molecule has 0 spiro atoms. The Kier molecular flexibility index (Phi) is 2.68. The zero-order valence-corrected chi connectivity index (χ0v) is 8.24. The largest absolute Gasteiger partial charge is 0.399 e. The maximum absolute atomic E-state index is 5.92. The average Bonchev–Trinajstić information content (AvgIpc) is 2.23. The number of rotatable bonds is 2. The van der Waals surface area contributed by atoms with Crippen LogP contribution in [0.4, 0.5) is 0 Å². The van der Waals surface area contributed by atoms with Crippen molar-refractivity contribution in [1.29, 1.82) is 0 Å². The quantitative estimate of drug-likeness (QED) is 0.753. The molecule has 1 aliphatic rings. The zero-order valence-electron chi connectivity index (χ0n) is 8.24. The van der Waals surface area contributed by atoms with Crippen molar-refractivity contribution in [2.24, 2.45) is 5.73 Å². The summed E-state index contributed by atoms with van der Waals surface area (Å²) in [5.74, 6) is 0. The van der Waals surface area contributed by atoms with Gasteiger partial charge in [0.05, 0.1) is 0 Å². The highest BCUT2D eigenvalue weighted by molar-refractivity contribution is 5.35. The first kappa shape index (κ1) is 9.07. The zero-order chi connectivity index (χ0) is 9.80. The number of allylic oxidation sites excluding steroid dienone is 3. The number of benzene rings is 1. The van der Waals surface area contributed by atoms with Crippen LogP contribution in [0.2, 0.25) is 0 Å². The van der Waals surface area contributed by atoms with Crippen LogP contribution in [0.3, 0.4) is 0 Å². The Hall–Kier alpha value is -1.50. The predicted molar refractivity (Wildman–Crippen MR) is 59.7 cm³/mol. The minimum Gasteiger partial charge on any atom is -0.399 e. The van der Waals surface area contributed by atoms with Gasteiger partial charge in [-0.25, -0.2) is 0 Å². The Morgan fingerprint density at radius 2 is 1.71 bits per heavy atom. The van der Waals surface area contributed by atoms with Gasteiger partial charge in [0.15, 0.2) is 0 Å². The van der Waals surface area contributed by atoms with Crippen molar-refractivity contribution in [2.45, 2.75) is 19.3 Å². The fourth-order valence-corrected chi connectivity index (χ4v) is 1.74. The lowest BCUT2D eigenvalue weighted by Crippen LogP contribution is -2.06. The molecule has 0 aromatic heterocycles. The molecule has 0 fully saturated rings. The average molecular weight is 185 g/mol. The summed E-state index contributed by atoms with van der Waals surface area (Å²) in [6, 6.07) is 10.5. The second kappa shape index (κ2) is 4.14. The Bertz CT molecular complexity index is 360. The number of hydrogen-bond donors (Lipinski definition) is 1. The number of hydrogen-bond acceptors (Lipinski definition) is 1. The van der Waals surface area contributed by atoms with E-state index in [-0.39, 0.29) is 0 Å². The summed E-state index contributed by atoms with van der Waals surface area (Å²) >= 11 is 0. The van der Waals surface area contributed by atoms with Crippen molar-refractivity contribution < 1.29 is 0 Å². The van der Waals surface area contributed by atoms with Gasteiger partial charge < -0.3 is 5.73 Å². The third-order valence-electron chi connectivity index (χ3n) is 2.53. The first-order valence-electron chi connectivity index (χ1n) is 5.05. The molecular formula is C13H15N. The second-order valence-corrected chi connectivity index (χ2v) is 3.63. The summed E-state index contributed by atoms with van der Waals surface area (Å²) in [6.45, 7) is 0. The van der Waals surface area contributed by atoms with E-state index in [0.29, 0.717) is 0 Å². The minimum absolute atomic E-state index is 0.958. The molecular weight excluding hydrogens is 170 g/mol. The van der Waals surface area contributed by atoms with Crippen molar-refractivity contribution in [3.63, 3.8) is 0 Å². The highest BCUT2D eigenvalue weighted by atomic mass is 14.6. The van der Waals surface area contributed by atoms with E-state index in [1.165, 1.54) is 11.1 Å². The van der Waals surface area contributed by atoms with Crippen LogP contribution in [0.15, 0.2) is 53.8 Å². The molecule has 0 atom stereocenters. The van der Waals surface area contributed by atoms with Crippen molar-refractivity contribution in [3.8, 4) is 0 Å². The van der Waals surface area contributed by atoms with E-state index < -0.39 is 0 Å². The molecule has 0 radical (unpaired) electrons. The Balaban J connectivity index is 2.12. The third kappa shape index (κ3) is 2.05. The molecule has 1 aromatic rings. The molecule has 1 heteroatoms. The summed E-state index contributed by atoms with van der Waals surface area (Å²) in [5.41, 5.74) is 9.49. The van der Waals surface area contributed by atoms with E-state index in [1.54, 1.807) is 0 Å². The second-order valence-electron chi connectivity index (χ2n) is 3.63. The van der Waals surface area contributed by atoms with Gasteiger partial charge in [-0.15, -0.1) is 0 Å². The lowest BCUT2D eigenvalue weighted by molar-refractivity contribution is 0.955. The van der Waals surface area contributed by atoms with Crippen LogP contribution in [-0.2, 0) is 6.42 Å². The van der Waals surface area contributed by atoms with Gasteiger partial charge in [0.1, 0.15) is 0 Å². The fourth-order valence-electron chi connectivity index (χ4n) is 1.74. The molecule has 0 amide bonds. The molecule has 0 saturated carbocycles. The van der Waals surface area contributed by atoms with Crippen molar-refractivity contribution in [1.82, 2.24) is 0 Å². The van der Waals surface area contributed by atoms with Crippen molar-refractivity contribution in [2.75, 3.05) is 0 Å². The van der Waals surface area contributed by atoms with Crippen LogP contribution < -0.4 is 5.73 Å². The molecule has 0 saturated heterocycles. The van der Waals surface area contributed by atoms with E-state index in [0.717, 1.165) is 25.0 Å². The predicted octanol–water partition coefficient (Wildman–Crippen LogP) is 2.79. The minimum atomic E-state index is 0.958. The fraction of sp³-hybridized carbons (Fsp3) is 0.231. The topological polar surface area (TPSA) is 26.0 Å². The first-order chi connectivity index (χ1) is 6.86. The van der Waals surface area contributed by atoms with E-state index in [4.69, 9.17) is 5.73 Å². The molecule has 2 rings (SSSR count). The summed E-state index contributed by atoms with van der Waals surface area (Å²) in [5, 5.41) is 0. The maximum Gasteiger partial charge on any atom is 0.0306 e. The maximum atomic E-state index is 5.92. The number of nitrogens with two attached hydrogens (primary N) is 1. The Morgan fingerprint density at radius 1 is 1.00 bits per heavy atom. The van der Waals surface area contributed by atoms with E-state index in [2.05, 4.69) is 36.4 Å². The van der Waals surface area contributed by atoms with Crippen molar-refractivity contribution in [3.05, 3.63) is 59.3 Å². The monoisotopic (exact) mass is 185 g/mol. The highest BCUT2D eigenvalue weighted by Gasteiger charge is 2.05. The van der Waals surface area contributed by atoms with Gasteiger partial charge in [-0.3, -0.25) is 0 Å². The van der Waals surface area contributed by atoms with Crippen LogP contribution in [0.25, 0.3) is 0 Å². The van der Waals surface area contributed by atoms with Gasteiger partial charge in [0.25, 0.3) is 0 Å². The molecule has 0 aliphatic heterocycles. The normalized spacial score (nSPS) is 16.0. The van der Waals surface area contributed by atoms with Crippen LogP contribution in [0.5, 0.6) is 0 Å². The molecule has 0 unspecified atom stereocenters.